The Labute approximate surface area is 142 Å². The Balaban J connectivity index is 1.42. The number of likely N-dealkylation sites (N-methyl/N-ethyl adjacent to an activating group) is 1. The summed E-state index contributed by atoms with van der Waals surface area (Å²) in [5.41, 5.74) is 0.907. The Bertz CT molecular complexity index is 620. The number of nitrogens with one attached hydrogen (secondary N) is 1. The van der Waals surface area contributed by atoms with E-state index in [0.29, 0.717) is 11.8 Å². The van der Waals surface area contributed by atoms with Gasteiger partial charge in [0, 0.05) is 38.3 Å². The number of methoxy groups -OCH3 is 1. The van der Waals surface area contributed by atoms with Crippen molar-refractivity contribution in [2.24, 2.45) is 0 Å². The van der Waals surface area contributed by atoms with E-state index < -0.39 is 0 Å². The fourth-order valence-electron chi connectivity index (χ4n) is 2.72. The summed E-state index contributed by atoms with van der Waals surface area (Å²) in [4.78, 5) is 9.25. The molecule has 0 spiro atoms. The van der Waals surface area contributed by atoms with E-state index in [1.165, 1.54) is 0 Å². The third-order valence-electron chi connectivity index (χ3n) is 4.30. The molecule has 1 saturated heterocycles. The molecule has 0 unspecified atom stereocenters. The minimum atomic E-state index is 0.471. The van der Waals surface area contributed by atoms with E-state index in [2.05, 4.69) is 32.3 Å². The van der Waals surface area contributed by atoms with Crippen LogP contribution in [0.5, 0.6) is 5.75 Å². The SMILES string of the molecule is COc1ccc(-c2noc(NCCCN3CCN(C)CC3)n2)cc1. The first kappa shape index (κ1) is 16.7. The number of nitrogens with zero attached hydrogens (tertiary/aromatic N) is 4. The molecule has 2 aromatic rings. The zero-order chi connectivity index (χ0) is 16.8. The van der Waals surface area contributed by atoms with Crippen LogP contribution in [0.15, 0.2) is 28.8 Å². The zero-order valence-electron chi connectivity index (χ0n) is 14.4. The maximum atomic E-state index is 5.26. The highest BCUT2D eigenvalue weighted by Crippen LogP contribution is 2.20. The quantitative estimate of drug-likeness (QED) is 0.776. The van der Waals surface area contributed by atoms with Gasteiger partial charge in [-0.25, -0.2) is 0 Å². The van der Waals surface area contributed by atoms with Crippen LogP contribution in [0.3, 0.4) is 0 Å². The van der Waals surface area contributed by atoms with Crippen molar-refractivity contribution >= 4 is 6.01 Å². The predicted octanol–water partition coefficient (Wildman–Crippen LogP) is 1.79. The highest BCUT2D eigenvalue weighted by atomic mass is 16.5. The van der Waals surface area contributed by atoms with E-state index in [-0.39, 0.29) is 0 Å². The number of piperazine rings is 1. The van der Waals surface area contributed by atoms with Gasteiger partial charge in [-0.15, -0.1) is 0 Å². The fraction of sp³-hybridized carbons (Fsp3) is 0.529. The van der Waals surface area contributed by atoms with Crippen LogP contribution >= 0.6 is 0 Å². The smallest absolute Gasteiger partial charge is 0.321 e. The number of ether oxygens (including phenoxy) is 1. The van der Waals surface area contributed by atoms with E-state index in [1.807, 2.05) is 24.3 Å². The summed E-state index contributed by atoms with van der Waals surface area (Å²) >= 11 is 0. The van der Waals surface area contributed by atoms with E-state index in [9.17, 15) is 0 Å². The summed E-state index contributed by atoms with van der Waals surface area (Å²) in [6.45, 7) is 6.54. The van der Waals surface area contributed by atoms with E-state index >= 15 is 0 Å². The lowest BCUT2D eigenvalue weighted by Crippen LogP contribution is -2.44. The van der Waals surface area contributed by atoms with Crippen LogP contribution in [0, 0.1) is 0 Å². The number of benzene rings is 1. The van der Waals surface area contributed by atoms with Crippen LogP contribution in [0.25, 0.3) is 11.4 Å². The van der Waals surface area contributed by atoms with Gasteiger partial charge in [0.15, 0.2) is 0 Å². The molecule has 7 nitrogen and oxygen atoms in total. The average molecular weight is 331 g/mol. The van der Waals surface area contributed by atoms with E-state index in [0.717, 1.165) is 57.0 Å². The van der Waals surface area contributed by atoms with Crippen LogP contribution < -0.4 is 10.1 Å². The van der Waals surface area contributed by atoms with Gasteiger partial charge in [0.05, 0.1) is 7.11 Å². The molecule has 1 aromatic heterocycles. The van der Waals surface area contributed by atoms with Gasteiger partial charge >= 0.3 is 6.01 Å². The Hall–Kier alpha value is -2.12. The van der Waals surface area contributed by atoms with Crippen molar-refractivity contribution in [2.75, 3.05) is 58.7 Å². The lowest BCUT2D eigenvalue weighted by molar-refractivity contribution is 0.154. The molecule has 0 bridgehead atoms. The second-order valence-corrected chi connectivity index (χ2v) is 6.08. The van der Waals surface area contributed by atoms with Crippen LogP contribution in [-0.4, -0.2) is 73.4 Å². The summed E-state index contributed by atoms with van der Waals surface area (Å²) in [7, 11) is 3.82. The van der Waals surface area contributed by atoms with Gasteiger partial charge in [-0.1, -0.05) is 5.16 Å². The van der Waals surface area contributed by atoms with Gasteiger partial charge in [0.2, 0.25) is 5.82 Å². The molecule has 24 heavy (non-hydrogen) atoms. The van der Waals surface area contributed by atoms with Crippen LogP contribution in [-0.2, 0) is 0 Å². The molecule has 1 fully saturated rings. The van der Waals surface area contributed by atoms with Crippen molar-refractivity contribution in [3.63, 3.8) is 0 Å². The molecule has 130 valence electrons. The summed E-state index contributed by atoms with van der Waals surface area (Å²) in [6, 6.07) is 8.07. The Morgan fingerprint density at radius 3 is 2.62 bits per heavy atom. The molecule has 0 atom stereocenters. The molecule has 0 radical (unpaired) electrons. The zero-order valence-corrected chi connectivity index (χ0v) is 14.4. The van der Waals surface area contributed by atoms with Crippen molar-refractivity contribution in [1.29, 1.82) is 0 Å². The number of rotatable bonds is 7. The third-order valence-corrected chi connectivity index (χ3v) is 4.30. The van der Waals surface area contributed by atoms with Crippen molar-refractivity contribution in [3.8, 4) is 17.1 Å². The highest BCUT2D eigenvalue weighted by molar-refractivity contribution is 5.56. The lowest BCUT2D eigenvalue weighted by atomic mass is 10.2. The van der Waals surface area contributed by atoms with Crippen molar-refractivity contribution < 1.29 is 9.26 Å². The molecule has 1 aliphatic rings. The van der Waals surface area contributed by atoms with Gasteiger partial charge in [-0.05, 0) is 44.3 Å². The molecule has 0 amide bonds. The summed E-state index contributed by atoms with van der Waals surface area (Å²) in [6.07, 6.45) is 1.06. The minimum Gasteiger partial charge on any atom is -0.497 e. The van der Waals surface area contributed by atoms with Crippen molar-refractivity contribution in [1.82, 2.24) is 19.9 Å². The number of hydrogen-bond donors (Lipinski definition) is 1. The standard InChI is InChI=1S/C17H25N5O2/c1-21-10-12-22(13-11-21)9-3-8-18-17-19-16(20-24-17)14-4-6-15(23-2)7-5-14/h4-7H,3,8-13H2,1-2H3,(H,18,19,20). The van der Waals surface area contributed by atoms with Gasteiger partial charge in [-0.3, -0.25) is 0 Å². The molecule has 2 heterocycles. The second kappa shape index (κ2) is 8.12. The van der Waals surface area contributed by atoms with Crippen molar-refractivity contribution in [2.45, 2.75) is 6.42 Å². The molecule has 1 aromatic carbocycles. The van der Waals surface area contributed by atoms with Gasteiger partial charge < -0.3 is 24.4 Å². The molecule has 3 rings (SSSR count). The van der Waals surface area contributed by atoms with Gasteiger partial charge in [0.25, 0.3) is 0 Å². The fourth-order valence-corrected chi connectivity index (χ4v) is 2.72. The maximum absolute atomic E-state index is 5.26. The number of anilines is 1. The van der Waals surface area contributed by atoms with Crippen LogP contribution in [0.4, 0.5) is 6.01 Å². The third kappa shape index (κ3) is 4.46. The number of hydrogen-bond acceptors (Lipinski definition) is 7. The summed E-state index contributed by atoms with van der Waals surface area (Å²) < 4.78 is 10.4. The van der Waals surface area contributed by atoms with Crippen LogP contribution in [0.2, 0.25) is 0 Å². The molecule has 0 aliphatic carbocycles. The highest BCUT2D eigenvalue weighted by Gasteiger charge is 2.13. The Morgan fingerprint density at radius 2 is 1.92 bits per heavy atom. The number of aromatic nitrogens is 2. The first-order valence-corrected chi connectivity index (χ1v) is 8.37. The summed E-state index contributed by atoms with van der Waals surface area (Å²) in [5.74, 6) is 1.39. The van der Waals surface area contributed by atoms with Crippen molar-refractivity contribution in [3.05, 3.63) is 24.3 Å². The minimum absolute atomic E-state index is 0.471. The molecule has 1 aliphatic heterocycles. The Kier molecular flexibility index (Phi) is 5.66. The molecule has 1 N–H and O–H groups in total. The second-order valence-electron chi connectivity index (χ2n) is 6.08. The molecule has 7 heteroatoms. The topological polar surface area (TPSA) is 66.7 Å². The Morgan fingerprint density at radius 1 is 1.17 bits per heavy atom. The molecular weight excluding hydrogens is 306 g/mol. The molecule has 0 saturated carbocycles. The van der Waals surface area contributed by atoms with Gasteiger partial charge in [-0.2, -0.15) is 4.98 Å². The summed E-state index contributed by atoms with van der Waals surface area (Å²) in [5, 5.41) is 7.22. The first-order chi connectivity index (χ1) is 11.7. The van der Waals surface area contributed by atoms with Gasteiger partial charge in [0.1, 0.15) is 5.75 Å². The van der Waals surface area contributed by atoms with E-state index in [1.54, 1.807) is 7.11 Å². The predicted molar refractivity (Wildman–Crippen MR) is 93.3 cm³/mol. The normalized spacial score (nSPS) is 16.2. The average Bonchev–Trinajstić information content (AvgIpc) is 3.09. The molecular formula is C17H25N5O2. The lowest BCUT2D eigenvalue weighted by Gasteiger charge is -2.32. The largest absolute Gasteiger partial charge is 0.497 e. The van der Waals surface area contributed by atoms with Crippen LogP contribution in [0.1, 0.15) is 6.42 Å². The first-order valence-electron chi connectivity index (χ1n) is 8.37. The monoisotopic (exact) mass is 331 g/mol. The maximum Gasteiger partial charge on any atom is 0.321 e. The van der Waals surface area contributed by atoms with E-state index in [4.69, 9.17) is 9.26 Å².